The number of aliphatic hydroxyl groups excluding tert-OH is 1. The van der Waals surface area contributed by atoms with Crippen molar-refractivity contribution in [2.75, 3.05) is 33.4 Å². The van der Waals surface area contributed by atoms with E-state index in [4.69, 9.17) is 9.84 Å². The van der Waals surface area contributed by atoms with E-state index in [1.54, 1.807) is 0 Å². The third kappa shape index (κ3) is 5.61. The molecule has 0 amide bonds. The first-order chi connectivity index (χ1) is 7.72. The third-order valence-corrected chi connectivity index (χ3v) is 2.75. The highest BCUT2D eigenvalue weighted by molar-refractivity contribution is 9.10. The lowest BCUT2D eigenvalue weighted by Crippen LogP contribution is -2.23. The predicted molar refractivity (Wildman–Crippen MR) is 68.4 cm³/mol. The molecular weight excluding hydrogens is 270 g/mol. The second kappa shape index (κ2) is 7.79. The van der Waals surface area contributed by atoms with Crippen LogP contribution in [0.4, 0.5) is 0 Å². The van der Waals surface area contributed by atoms with Gasteiger partial charge in [-0.1, -0.05) is 28.1 Å². The SMILES string of the molecule is CN(CCOCCO)Cc1ccc(Br)cc1. The molecule has 0 aliphatic carbocycles. The van der Waals surface area contributed by atoms with Crippen molar-refractivity contribution in [1.82, 2.24) is 4.90 Å². The fourth-order valence-electron chi connectivity index (χ4n) is 1.37. The van der Waals surface area contributed by atoms with Crippen LogP contribution in [-0.4, -0.2) is 43.4 Å². The summed E-state index contributed by atoms with van der Waals surface area (Å²) in [5.41, 5.74) is 1.29. The summed E-state index contributed by atoms with van der Waals surface area (Å²) < 4.78 is 6.31. The average molecular weight is 288 g/mol. The molecule has 0 fully saturated rings. The van der Waals surface area contributed by atoms with Gasteiger partial charge in [-0.15, -0.1) is 0 Å². The van der Waals surface area contributed by atoms with Crippen LogP contribution in [0.5, 0.6) is 0 Å². The number of hydrogen-bond acceptors (Lipinski definition) is 3. The molecule has 16 heavy (non-hydrogen) atoms. The normalized spacial score (nSPS) is 11.0. The monoisotopic (exact) mass is 287 g/mol. The lowest BCUT2D eigenvalue weighted by molar-refractivity contribution is 0.0773. The zero-order valence-corrected chi connectivity index (χ0v) is 11.1. The molecule has 1 aromatic rings. The molecule has 0 saturated carbocycles. The summed E-state index contributed by atoms with van der Waals surface area (Å²) in [6, 6.07) is 8.31. The van der Waals surface area contributed by atoms with Gasteiger partial charge in [0, 0.05) is 17.6 Å². The Morgan fingerprint density at radius 3 is 2.56 bits per heavy atom. The molecule has 1 N–H and O–H groups in total. The number of aliphatic hydroxyl groups is 1. The van der Waals surface area contributed by atoms with Gasteiger partial charge in [-0.05, 0) is 24.7 Å². The van der Waals surface area contributed by atoms with E-state index in [1.165, 1.54) is 5.56 Å². The van der Waals surface area contributed by atoms with Crippen LogP contribution in [0.25, 0.3) is 0 Å². The van der Waals surface area contributed by atoms with Crippen LogP contribution in [-0.2, 0) is 11.3 Å². The van der Waals surface area contributed by atoms with Crippen LogP contribution in [0.3, 0.4) is 0 Å². The maximum absolute atomic E-state index is 8.55. The number of rotatable bonds is 7. The Hall–Kier alpha value is -0.420. The number of likely N-dealkylation sites (N-methyl/N-ethyl adjacent to an activating group) is 1. The molecule has 0 radical (unpaired) electrons. The van der Waals surface area contributed by atoms with Crippen molar-refractivity contribution in [3.05, 3.63) is 34.3 Å². The van der Waals surface area contributed by atoms with Crippen LogP contribution in [0, 0.1) is 0 Å². The van der Waals surface area contributed by atoms with Gasteiger partial charge >= 0.3 is 0 Å². The molecule has 0 aliphatic rings. The minimum absolute atomic E-state index is 0.0937. The van der Waals surface area contributed by atoms with Crippen LogP contribution >= 0.6 is 15.9 Å². The lowest BCUT2D eigenvalue weighted by Gasteiger charge is -2.16. The molecule has 0 unspecified atom stereocenters. The summed E-state index contributed by atoms with van der Waals surface area (Å²) in [6.07, 6.45) is 0. The van der Waals surface area contributed by atoms with E-state index in [0.29, 0.717) is 13.2 Å². The van der Waals surface area contributed by atoms with Crippen LogP contribution in [0.1, 0.15) is 5.56 Å². The minimum atomic E-state index is 0.0937. The van der Waals surface area contributed by atoms with E-state index >= 15 is 0 Å². The third-order valence-electron chi connectivity index (χ3n) is 2.22. The molecule has 0 aromatic heterocycles. The van der Waals surface area contributed by atoms with Crippen molar-refractivity contribution >= 4 is 15.9 Å². The first-order valence-corrected chi connectivity index (χ1v) is 6.13. The van der Waals surface area contributed by atoms with Gasteiger partial charge in [-0.3, -0.25) is 4.90 Å². The maximum Gasteiger partial charge on any atom is 0.0698 e. The van der Waals surface area contributed by atoms with Gasteiger partial charge in [-0.2, -0.15) is 0 Å². The Morgan fingerprint density at radius 1 is 1.25 bits per heavy atom. The second-order valence-corrected chi connectivity index (χ2v) is 4.62. The lowest BCUT2D eigenvalue weighted by atomic mass is 10.2. The molecule has 3 nitrogen and oxygen atoms in total. The van der Waals surface area contributed by atoms with E-state index in [0.717, 1.165) is 17.6 Å². The molecule has 0 bridgehead atoms. The molecule has 0 saturated heterocycles. The van der Waals surface area contributed by atoms with Gasteiger partial charge in [0.25, 0.3) is 0 Å². The standard InChI is InChI=1S/C12H18BrNO2/c1-14(6-8-16-9-7-15)10-11-2-4-12(13)5-3-11/h2-5,15H,6-10H2,1H3. The number of hydrogen-bond donors (Lipinski definition) is 1. The highest BCUT2D eigenvalue weighted by Gasteiger charge is 2.00. The zero-order chi connectivity index (χ0) is 11.8. The topological polar surface area (TPSA) is 32.7 Å². The maximum atomic E-state index is 8.55. The van der Waals surface area contributed by atoms with Crippen molar-refractivity contribution < 1.29 is 9.84 Å². The van der Waals surface area contributed by atoms with Crippen molar-refractivity contribution in [1.29, 1.82) is 0 Å². The molecule has 90 valence electrons. The summed E-state index contributed by atoms with van der Waals surface area (Å²) in [6.45, 7) is 2.96. The molecule has 0 atom stereocenters. The number of benzene rings is 1. The second-order valence-electron chi connectivity index (χ2n) is 3.70. The fraction of sp³-hybridized carbons (Fsp3) is 0.500. The van der Waals surface area contributed by atoms with Crippen molar-refractivity contribution in [3.8, 4) is 0 Å². The van der Waals surface area contributed by atoms with Crippen molar-refractivity contribution in [2.24, 2.45) is 0 Å². The van der Waals surface area contributed by atoms with Gasteiger partial charge in [-0.25, -0.2) is 0 Å². The molecule has 0 spiro atoms. The van der Waals surface area contributed by atoms with E-state index in [-0.39, 0.29) is 6.61 Å². The Kier molecular flexibility index (Phi) is 6.64. The highest BCUT2D eigenvalue weighted by Crippen LogP contribution is 2.11. The molecule has 0 heterocycles. The highest BCUT2D eigenvalue weighted by atomic mass is 79.9. The average Bonchev–Trinajstić information content (AvgIpc) is 2.28. The van der Waals surface area contributed by atoms with Gasteiger partial charge in [0.1, 0.15) is 0 Å². The number of ether oxygens (including phenoxy) is 1. The molecule has 4 heteroatoms. The Bertz CT molecular complexity index is 290. The van der Waals surface area contributed by atoms with Crippen LogP contribution in [0.15, 0.2) is 28.7 Å². The zero-order valence-electron chi connectivity index (χ0n) is 9.53. The van der Waals surface area contributed by atoms with E-state index < -0.39 is 0 Å². The van der Waals surface area contributed by atoms with Crippen molar-refractivity contribution in [3.63, 3.8) is 0 Å². The van der Waals surface area contributed by atoms with Crippen molar-refractivity contribution in [2.45, 2.75) is 6.54 Å². The minimum Gasteiger partial charge on any atom is -0.394 e. The van der Waals surface area contributed by atoms with Crippen LogP contribution in [0.2, 0.25) is 0 Å². The fourth-order valence-corrected chi connectivity index (χ4v) is 1.63. The van der Waals surface area contributed by atoms with E-state index in [2.05, 4.69) is 40.0 Å². The van der Waals surface area contributed by atoms with Gasteiger partial charge < -0.3 is 9.84 Å². The smallest absolute Gasteiger partial charge is 0.0698 e. The Labute approximate surface area is 105 Å². The molecular formula is C12H18BrNO2. The van der Waals surface area contributed by atoms with Crippen LogP contribution < -0.4 is 0 Å². The Morgan fingerprint density at radius 2 is 1.94 bits per heavy atom. The molecule has 1 rings (SSSR count). The Balaban J connectivity index is 2.23. The summed E-state index contributed by atoms with van der Waals surface area (Å²) in [7, 11) is 2.06. The number of halogens is 1. The summed E-state index contributed by atoms with van der Waals surface area (Å²) >= 11 is 3.41. The number of nitrogens with zero attached hydrogens (tertiary/aromatic N) is 1. The molecule has 0 aliphatic heterocycles. The summed E-state index contributed by atoms with van der Waals surface area (Å²) in [5, 5.41) is 8.55. The predicted octanol–water partition coefficient (Wildman–Crippen LogP) is 1.89. The summed E-state index contributed by atoms with van der Waals surface area (Å²) in [4.78, 5) is 2.20. The van der Waals surface area contributed by atoms with E-state index in [9.17, 15) is 0 Å². The largest absolute Gasteiger partial charge is 0.394 e. The summed E-state index contributed by atoms with van der Waals surface area (Å²) in [5.74, 6) is 0. The van der Waals surface area contributed by atoms with Gasteiger partial charge in [0.2, 0.25) is 0 Å². The quantitative estimate of drug-likeness (QED) is 0.778. The molecule has 1 aromatic carbocycles. The van der Waals surface area contributed by atoms with Gasteiger partial charge in [0.15, 0.2) is 0 Å². The first-order valence-electron chi connectivity index (χ1n) is 5.34. The van der Waals surface area contributed by atoms with Gasteiger partial charge in [0.05, 0.1) is 19.8 Å². The first kappa shape index (κ1) is 13.6. The van der Waals surface area contributed by atoms with E-state index in [1.807, 2.05) is 12.1 Å².